The molecule has 2 atom stereocenters. The number of rotatable bonds is 6. The molecule has 1 aromatic heterocycles. The third-order valence-electron chi connectivity index (χ3n) is 2.54. The van der Waals surface area contributed by atoms with Crippen LogP contribution in [-0.4, -0.2) is 33.8 Å². The number of amides is 1. The van der Waals surface area contributed by atoms with Gasteiger partial charge in [0.05, 0.1) is 12.3 Å². The van der Waals surface area contributed by atoms with Gasteiger partial charge in [0.2, 0.25) is 5.91 Å². The summed E-state index contributed by atoms with van der Waals surface area (Å²) in [6.45, 7) is 4.22. The predicted molar refractivity (Wildman–Crippen MR) is 73.4 cm³/mol. The summed E-state index contributed by atoms with van der Waals surface area (Å²) in [5.74, 6) is 0.0775. The van der Waals surface area contributed by atoms with Gasteiger partial charge >= 0.3 is 0 Å². The molecule has 0 aliphatic rings. The minimum absolute atomic E-state index is 0.0631. The van der Waals surface area contributed by atoms with Crippen molar-refractivity contribution in [1.82, 2.24) is 10.3 Å². The fraction of sp³-hybridized carbons (Fsp3) is 0.429. The van der Waals surface area contributed by atoms with Crippen molar-refractivity contribution in [1.29, 1.82) is 0 Å². The maximum absolute atomic E-state index is 11.5. The summed E-state index contributed by atoms with van der Waals surface area (Å²) < 4.78 is 0. The normalized spacial score (nSPS) is 14.3. The first-order valence-corrected chi connectivity index (χ1v) is 6.25. The molecule has 0 fully saturated rings. The molecule has 0 aliphatic carbocycles. The Bertz CT molecular complexity index is 444. The Labute approximate surface area is 113 Å². The Morgan fingerprint density at radius 2 is 2.21 bits per heavy atom. The summed E-state index contributed by atoms with van der Waals surface area (Å²) in [5.41, 5.74) is 0.659. The van der Waals surface area contributed by atoms with Gasteiger partial charge in [-0.1, -0.05) is 6.92 Å². The van der Waals surface area contributed by atoms with Gasteiger partial charge in [-0.3, -0.25) is 9.78 Å². The molecule has 5 heteroatoms. The van der Waals surface area contributed by atoms with E-state index in [1.165, 1.54) is 18.3 Å². The van der Waals surface area contributed by atoms with E-state index in [1.54, 1.807) is 19.2 Å². The van der Waals surface area contributed by atoms with Crippen LogP contribution in [0.25, 0.3) is 6.08 Å². The summed E-state index contributed by atoms with van der Waals surface area (Å²) in [4.78, 5) is 15.4. The van der Waals surface area contributed by atoms with Crippen LogP contribution in [0.3, 0.4) is 0 Å². The van der Waals surface area contributed by atoms with Crippen molar-refractivity contribution in [3.05, 3.63) is 30.1 Å². The first-order chi connectivity index (χ1) is 8.97. The number of carbonyl (C=O) groups is 1. The van der Waals surface area contributed by atoms with E-state index in [0.717, 1.165) is 0 Å². The van der Waals surface area contributed by atoms with Gasteiger partial charge in [0, 0.05) is 18.8 Å². The second-order valence-corrected chi connectivity index (χ2v) is 4.74. The van der Waals surface area contributed by atoms with Crippen LogP contribution in [0.2, 0.25) is 0 Å². The van der Waals surface area contributed by atoms with Crippen LogP contribution < -0.4 is 5.32 Å². The first-order valence-electron chi connectivity index (χ1n) is 6.25. The van der Waals surface area contributed by atoms with Crippen molar-refractivity contribution in [2.45, 2.75) is 26.4 Å². The standard InChI is InChI=1S/C14H20N2O3/c1-10(5-11(2)17)7-16-14(19)4-3-12-6-13(18)9-15-8-12/h3-4,6,8-11,17-18H,5,7H2,1-2H3,(H,16,19)/b4-3+. The zero-order valence-electron chi connectivity index (χ0n) is 11.2. The number of pyridine rings is 1. The summed E-state index contributed by atoms with van der Waals surface area (Å²) in [6, 6.07) is 1.52. The smallest absolute Gasteiger partial charge is 0.244 e. The Hall–Kier alpha value is -1.88. The molecule has 0 radical (unpaired) electrons. The van der Waals surface area contributed by atoms with E-state index in [2.05, 4.69) is 10.3 Å². The number of nitrogens with one attached hydrogen (secondary N) is 1. The van der Waals surface area contributed by atoms with Gasteiger partial charge in [-0.25, -0.2) is 0 Å². The van der Waals surface area contributed by atoms with Crippen molar-refractivity contribution < 1.29 is 15.0 Å². The van der Waals surface area contributed by atoms with Crippen molar-refractivity contribution >= 4 is 12.0 Å². The monoisotopic (exact) mass is 264 g/mol. The molecule has 0 bridgehead atoms. The molecular formula is C14H20N2O3. The number of carbonyl (C=O) groups excluding carboxylic acids is 1. The van der Waals surface area contributed by atoms with Crippen LogP contribution in [0, 0.1) is 5.92 Å². The Morgan fingerprint density at radius 1 is 1.47 bits per heavy atom. The minimum Gasteiger partial charge on any atom is -0.506 e. The molecule has 0 saturated heterocycles. The first kappa shape index (κ1) is 15.2. The Morgan fingerprint density at radius 3 is 2.84 bits per heavy atom. The maximum atomic E-state index is 11.5. The molecule has 3 N–H and O–H groups in total. The highest BCUT2D eigenvalue weighted by molar-refractivity contribution is 5.91. The van der Waals surface area contributed by atoms with Crippen molar-refractivity contribution in [2.24, 2.45) is 5.92 Å². The lowest BCUT2D eigenvalue weighted by Gasteiger charge is -2.13. The average molecular weight is 264 g/mol. The largest absolute Gasteiger partial charge is 0.506 e. The maximum Gasteiger partial charge on any atom is 0.244 e. The van der Waals surface area contributed by atoms with Crippen molar-refractivity contribution in [3.63, 3.8) is 0 Å². The fourth-order valence-electron chi connectivity index (χ4n) is 1.71. The van der Waals surface area contributed by atoms with E-state index in [0.29, 0.717) is 18.5 Å². The molecule has 2 unspecified atom stereocenters. The van der Waals surface area contributed by atoms with Crippen LogP contribution in [0.5, 0.6) is 5.75 Å². The molecule has 0 aromatic carbocycles. The molecule has 1 aromatic rings. The third-order valence-corrected chi connectivity index (χ3v) is 2.54. The number of aliphatic hydroxyl groups is 1. The van der Waals surface area contributed by atoms with Gasteiger partial charge in [-0.05, 0) is 37.0 Å². The molecular weight excluding hydrogens is 244 g/mol. The Balaban J connectivity index is 2.39. The summed E-state index contributed by atoms with van der Waals surface area (Å²) in [7, 11) is 0. The highest BCUT2D eigenvalue weighted by atomic mass is 16.3. The zero-order valence-corrected chi connectivity index (χ0v) is 11.2. The van der Waals surface area contributed by atoms with Crippen LogP contribution >= 0.6 is 0 Å². The number of hydrogen-bond donors (Lipinski definition) is 3. The second kappa shape index (κ2) is 7.53. The van der Waals surface area contributed by atoms with E-state index in [9.17, 15) is 15.0 Å². The molecule has 1 rings (SSSR count). The predicted octanol–water partition coefficient (Wildman–Crippen LogP) is 1.32. The van der Waals surface area contributed by atoms with E-state index in [4.69, 9.17) is 0 Å². The van der Waals surface area contributed by atoms with E-state index in [-0.39, 0.29) is 23.7 Å². The lowest BCUT2D eigenvalue weighted by molar-refractivity contribution is -0.116. The fourth-order valence-corrected chi connectivity index (χ4v) is 1.71. The lowest BCUT2D eigenvalue weighted by Crippen LogP contribution is -2.27. The molecule has 0 aliphatic heterocycles. The van der Waals surface area contributed by atoms with Gasteiger partial charge < -0.3 is 15.5 Å². The summed E-state index contributed by atoms with van der Waals surface area (Å²) >= 11 is 0. The van der Waals surface area contributed by atoms with Crippen molar-refractivity contribution in [3.8, 4) is 5.75 Å². The molecule has 0 saturated carbocycles. The topological polar surface area (TPSA) is 82.5 Å². The van der Waals surface area contributed by atoms with E-state index >= 15 is 0 Å². The number of hydrogen-bond acceptors (Lipinski definition) is 4. The molecule has 1 heterocycles. The van der Waals surface area contributed by atoms with Crippen LogP contribution in [0.15, 0.2) is 24.5 Å². The highest BCUT2D eigenvalue weighted by Crippen LogP contribution is 2.09. The van der Waals surface area contributed by atoms with Crippen LogP contribution in [0.1, 0.15) is 25.8 Å². The minimum atomic E-state index is -0.360. The molecule has 1 amide bonds. The average Bonchev–Trinajstić information content (AvgIpc) is 2.33. The SMILES string of the molecule is CC(O)CC(C)CNC(=O)/C=C/c1cncc(O)c1. The number of aliphatic hydroxyl groups excluding tert-OH is 1. The van der Waals surface area contributed by atoms with Gasteiger partial charge in [0.1, 0.15) is 5.75 Å². The third kappa shape index (κ3) is 6.57. The number of nitrogens with zero attached hydrogens (tertiary/aromatic N) is 1. The van der Waals surface area contributed by atoms with Crippen molar-refractivity contribution in [2.75, 3.05) is 6.54 Å². The lowest BCUT2D eigenvalue weighted by atomic mass is 10.0. The van der Waals surface area contributed by atoms with E-state index < -0.39 is 0 Å². The molecule has 104 valence electrons. The zero-order chi connectivity index (χ0) is 14.3. The van der Waals surface area contributed by atoms with Gasteiger partial charge in [-0.15, -0.1) is 0 Å². The number of aromatic hydroxyl groups is 1. The van der Waals surface area contributed by atoms with Gasteiger partial charge in [0.15, 0.2) is 0 Å². The van der Waals surface area contributed by atoms with Crippen LogP contribution in [-0.2, 0) is 4.79 Å². The van der Waals surface area contributed by atoms with Crippen LogP contribution in [0.4, 0.5) is 0 Å². The summed E-state index contributed by atoms with van der Waals surface area (Å²) in [6.07, 6.45) is 6.16. The van der Waals surface area contributed by atoms with Gasteiger partial charge in [-0.2, -0.15) is 0 Å². The quantitative estimate of drug-likeness (QED) is 0.677. The molecule has 5 nitrogen and oxygen atoms in total. The van der Waals surface area contributed by atoms with E-state index in [1.807, 2.05) is 6.92 Å². The molecule has 0 spiro atoms. The Kier molecular flexibility index (Phi) is 6.02. The van der Waals surface area contributed by atoms with Gasteiger partial charge in [0.25, 0.3) is 0 Å². The highest BCUT2D eigenvalue weighted by Gasteiger charge is 2.06. The summed E-state index contributed by atoms with van der Waals surface area (Å²) in [5, 5.41) is 21.2. The second-order valence-electron chi connectivity index (χ2n) is 4.74. The molecule has 19 heavy (non-hydrogen) atoms. The number of aromatic nitrogens is 1.